The summed E-state index contributed by atoms with van der Waals surface area (Å²) in [6.07, 6.45) is 1.79. The smallest absolute Gasteiger partial charge is 0.335 e. The van der Waals surface area contributed by atoms with Crippen LogP contribution < -0.4 is 15.2 Å². The van der Waals surface area contributed by atoms with Crippen LogP contribution in [-0.2, 0) is 6.54 Å². The van der Waals surface area contributed by atoms with Gasteiger partial charge in [-0.25, -0.2) is 4.79 Å². The summed E-state index contributed by atoms with van der Waals surface area (Å²) < 4.78 is 10.2. The lowest BCUT2D eigenvalue weighted by atomic mass is 10.1. The average molecular weight is 328 g/mol. The van der Waals surface area contributed by atoms with Gasteiger partial charge in [0, 0.05) is 29.2 Å². The van der Waals surface area contributed by atoms with E-state index in [0.29, 0.717) is 12.1 Å². The zero-order chi connectivity index (χ0) is 17.5. The number of nitrogens with two attached hydrogens (primary N) is 1. The number of benzene rings is 2. The molecule has 2 aromatic carbocycles. The Hall–Kier alpha value is -2.99. The number of ether oxygens (including phenoxy) is 2. The number of H-pyrrole nitrogens is 1. The van der Waals surface area contributed by atoms with Gasteiger partial charge in [0.2, 0.25) is 0 Å². The van der Waals surface area contributed by atoms with Crippen molar-refractivity contribution in [2.45, 2.75) is 6.54 Å². The molecule has 0 amide bonds. The molecule has 126 valence electrons. The Kier molecular flexibility index (Phi) is 5.81. The first kappa shape index (κ1) is 17.4. The van der Waals surface area contributed by atoms with Crippen LogP contribution in [0.25, 0.3) is 10.9 Å². The number of hydrogen-bond donors (Lipinski definition) is 3. The number of methoxy groups -OCH3 is 2. The average Bonchev–Trinajstić information content (AvgIpc) is 3.08. The van der Waals surface area contributed by atoms with E-state index in [1.807, 2.05) is 24.3 Å². The second-order valence-corrected chi connectivity index (χ2v) is 4.93. The minimum atomic E-state index is -0.891. The van der Waals surface area contributed by atoms with Gasteiger partial charge >= 0.3 is 5.97 Å². The second-order valence-electron chi connectivity index (χ2n) is 4.93. The lowest BCUT2D eigenvalue weighted by Crippen LogP contribution is -2.02. The molecule has 0 bridgehead atoms. The number of nitrogens with one attached hydrogen (secondary N) is 1. The van der Waals surface area contributed by atoms with E-state index in [-0.39, 0.29) is 0 Å². The van der Waals surface area contributed by atoms with E-state index in [1.54, 1.807) is 38.6 Å². The molecule has 0 fully saturated rings. The highest BCUT2D eigenvalue weighted by atomic mass is 16.5. The van der Waals surface area contributed by atoms with Crippen molar-refractivity contribution in [2.75, 3.05) is 14.2 Å². The SMILES string of the molecule is COc1cccc(OC)c1CN.O=C(O)c1ccc2[nH]ccc2c1. The Labute approximate surface area is 139 Å². The van der Waals surface area contributed by atoms with Crippen LogP contribution in [0.2, 0.25) is 0 Å². The highest BCUT2D eigenvalue weighted by Gasteiger charge is 2.06. The van der Waals surface area contributed by atoms with Crippen LogP contribution in [0.4, 0.5) is 0 Å². The summed E-state index contributed by atoms with van der Waals surface area (Å²) in [5, 5.41) is 9.60. The maximum absolute atomic E-state index is 10.6. The third-order valence-electron chi connectivity index (χ3n) is 3.53. The quantitative estimate of drug-likeness (QED) is 0.684. The Balaban J connectivity index is 0.000000174. The molecule has 3 rings (SSSR count). The largest absolute Gasteiger partial charge is 0.496 e. The molecule has 3 aromatic rings. The van der Waals surface area contributed by atoms with Gasteiger partial charge in [-0.1, -0.05) is 6.07 Å². The first-order valence-corrected chi connectivity index (χ1v) is 7.31. The summed E-state index contributed by atoms with van der Waals surface area (Å²) in [7, 11) is 3.24. The lowest BCUT2D eigenvalue weighted by molar-refractivity contribution is 0.0697. The van der Waals surface area contributed by atoms with Crippen molar-refractivity contribution in [1.29, 1.82) is 0 Å². The van der Waals surface area contributed by atoms with Crippen molar-refractivity contribution in [3.63, 3.8) is 0 Å². The molecule has 0 aliphatic heterocycles. The summed E-state index contributed by atoms with van der Waals surface area (Å²) in [6.45, 7) is 0.424. The molecule has 0 aliphatic rings. The molecule has 6 nitrogen and oxygen atoms in total. The summed E-state index contributed by atoms with van der Waals surface area (Å²) in [4.78, 5) is 13.5. The Bertz CT molecular complexity index is 805. The van der Waals surface area contributed by atoms with E-state index in [4.69, 9.17) is 20.3 Å². The number of rotatable bonds is 4. The van der Waals surface area contributed by atoms with E-state index < -0.39 is 5.97 Å². The van der Waals surface area contributed by atoms with Gasteiger partial charge in [0.15, 0.2) is 0 Å². The fraction of sp³-hybridized carbons (Fsp3) is 0.167. The summed E-state index contributed by atoms with van der Waals surface area (Å²) in [5.41, 5.74) is 7.73. The Morgan fingerprint density at radius 3 is 2.33 bits per heavy atom. The number of fused-ring (bicyclic) bond motifs is 1. The molecule has 0 aliphatic carbocycles. The number of aromatic nitrogens is 1. The third-order valence-corrected chi connectivity index (χ3v) is 3.53. The topological polar surface area (TPSA) is 97.6 Å². The van der Waals surface area contributed by atoms with Crippen LogP contribution in [0.1, 0.15) is 15.9 Å². The number of aromatic carboxylic acids is 1. The highest BCUT2D eigenvalue weighted by molar-refractivity contribution is 5.93. The summed E-state index contributed by atoms with van der Waals surface area (Å²) in [6, 6.07) is 12.4. The highest BCUT2D eigenvalue weighted by Crippen LogP contribution is 2.27. The number of hydrogen-bond acceptors (Lipinski definition) is 4. The molecule has 0 atom stereocenters. The van der Waals surface area contributed by atoms with Crippen LogP contribution in [0.3, 0.4) is 0 Å². The van der Waals surface area contributed by atoms with Crippen LogP contribution in [0.15, 0.2) is 48.7 Å². The van der Waals surface area contributed by atoms with Crippen molar-refractivity contribution in [3.8, 4) is 11.5 Å². The van der Waals surface area contributed by atoms with Crippen molar-refractivity contribution in [1.82, 2.24) is 4.98 Å². The molecular weight excluding hydrogens is 308 g/mol. The van der Waals surface area contributed by atoms with Crippen LogP contribution >= 0.6 is 0 Å². The van der Waals surface area contributed by atoms with Crippen LogP contribution in [0, 0.1) is 0 Å². The minimum Gasteiger partial charge on any atom is -0.496 e. The van der Waals surface area contributed by atoms with Gasteiger partial charge < -0.3 is 25.3 Å². The van der Waals surface area contributed by atoms with E-state index in [9.17, 15) is 4.79 Å². The predicted molar refractivity (Wildman–Crippen MR) is 92.7 cm³/mol. The summed E-state index contributed by atoms with van der Waals surface area (Å²) in [5.74, 6) is 0.659. The molecule has 1 heterocycles. The second kappa shape index (κ2) is 8.03. The maximum atomic E-state index is 10.6. The van der Waals surface area contributed by atoms with Crippen molar-refractivity contribution >= 4 is 16.9 Å². The van der Waals surface area contributed by atoms with E-state index in [2.05, 4.69) is 4.98 Å². The molecule has 24 heavy (non-hydrogen) atoms. The van der Waals surface area contributed by atoms with Crippen LogP contribution in [-0.4, -0.2) is 30.3 Å². The number of aromatic amines is 1. The first-order chi connectivity index (χ1) is 11.6. The number of carboxylic acids is 1. The zero-order valence-electron chi connectivity index (χ0n) is 13.6. The molecule has 0 saturated heterocycles. The van der Waals surface area contributed by atoms with Gasteiger partial charge in [-0.2, -0.15) is 0 Å². The summed E-state index contributed by atoms with van der Waals surface area (Å²) >= 11 is 0. The molecule has 4 N–H and O–H groups in total. The fourth-order valence-electron chi connectivity index (χ4n) is 2.32. The Morgan fingerprint density at radius 2 is 1.79 bits per heavy atom. The molecular formula is C18H20N2O4. The third kappa shape index (κ3) is 3.85. The van der Waals surface area contributed by atoms with Gasteiger partial charge in [0.05, 0.1) is 19.8 Å². The minimum absolute atomic E-state index is 0.321. The first-order valence-electron chi connectivity index (χ1n) is 7.31. The lowest BCUT2D eigenvalue weighted by Gasteiger charge is -2.10. The molecule has 0 saturated carbocycles. The predicted octanol–water partition coefficient (Wildman–Crippen LogP) is 3.03. The van der Waals surface area contributed by atoms with Gasteiger partial charge in [-0.15, -0.1) is 0 Å². The Morgan fingerprint density at radius 1 is 1.12 bits per heavy atom. The molecule has 6 heteroatoms. The van der Waals surface area contributed by atoms with E-state index in [0.717, 1.165) is 28.0 Å². The van der Waals surface area contributed by atoms with E-state index >= 15 is 0 Å². The van der Waals surface area contributed by atoms with Crippen molar-refractivity contribution < 1.29 is 19.4 Å². The fourth-order valence-corrected chi connectivity index (χ4v) is 2.32. The van der Waals surface area contributed by atoms with Crippen molar-refractivity contribution in [2.24, 2.45) is 5.73 Å². The number of carboxylic acid groups (broad SMARTS) is 1. The maximum Gasteiger partial charge on any atom is 0.335 e. The van der Waals surface area contributed by atoms with Crippen LogP contribution in [0.5, 0.6) is 11.5 Å². The zero-order valence-corrected chi connectivity index (χ0v) is 13.6. The van der Waals surface area contributed by atoms with Gasteiger partial charge in [0.1, 0.15) is 11.5 Å². The number of carbonyl (C=O) groups is 1. The monoisotopic (exact) mass is 328 g/mol. The molecule has 1 aromatic heterocycles. The van der Waals surface area contributed by atoms with Crippen molar-refractivity contribution in [3.05, 3.63) is 59.8 Å². The van der Waals surface area contributed by atoms with Gasteiger partial charge in [-0.05, 0) is 36.4 Å². The van der Waals surface area contributed by atoms with E-state index in [1.165, 1.54) is 0 Å². The molecule has 0 radical (unpaired) electrons. The van der Waals surface area contributed by atoms with Gasteiger partial charge in [-0.3, -0.25) is 0 Å². The normalized spacial score (nSPS) is 9.96. The van der Waals surface area contributed by atoms with Gasteiger partial charge in [0.25, 0.3) is 0 Å². The molecule has 0 unspecified atom stereocenters. The standard InChI is InChI=1S/C9H7NO2.C9H13NO2/c11-9(12)7-1-2-8-6(5-7)3-4-10-8;1-11-8-4-3-5-9(12-2)7(8)6-10/h1-5,10H,(H,11,12);3-5H,6,10H2,1-2H3. The molecule has 0 spiro atoms.